The molecule has 1 rings (SSSR count). The Hall–Kier alpha value is -1.13. The summed E-state index contributed by atoms with van der Waals surface area (Å²) in [7, 11) is -0.540. The first-order valence-electron chi connectivity index (χ1n) is 10.1. The van der Waals surface area contributed by atoms with Crippen molar-refractivity contribution in [1.82, 2.24) is 0 Å². The molecule has 0 bridgehead atoms. The van der Waals surface area contributed by atoms with Crippen LogP contribution in [0.2, 0.25) is 18.1 Å². The lowest BCUT2D eigenvalue weighted by atomic mass is 9.88. The molecule has 0 fully saturated rings. The molecule has 0 amide bonds. The zero-order chi connectivity index (χ0) is 20.9. The fourth-order valence-electron chi connectivity index (χ4n) is 3.19. The summed E-state index contributed by atoms with van der Waals surface area (Å²) in [5.74, 6) is -0.291. The predicted molar refractivity (Wildman–Crippen MR) is 117 cm³/mol. The summed E-state index contributed by atoms with van der Waals surface area (Å²) >= 11 is 0. The van der Waals surface area contributed by atoms with Crippen LogP contribution in [-0.2, 0) is 14.0 Å². The molecule has 3 nitrogen and oxygen atoms in total. The average Bonchev–Trinajstić information content (AvgIpc) is 2.65. The zero-order valence-electron chi connectivity index (χ0n) is 19.0. The van der Waals surface area contributed by atoms with Crippen LogP contribution >= 0.6 is 0 Å². The van der Waals surface area contributed by atoms with E-state index in [1.807, 2.05) is 0 Å². The lowest BCUT2D eigenvalue weighted by Crippen LogP contribution is -2.49. The summed E-state index contributed by atoms with van der Waals surface area (Å²) in [6.07, 6.45) is 11.0. The van der Waals surface area contributed by atoms with Crippen molar-refractivity contribution < 1.29 is 14.0 Å². The van der Waals surface area contributed by atoms with Gasteiger partial charge in [0.25, 0.3) is 0 Å². The summed E-state index contributed by atoms with van der Waals surface area (Å²) in [4.78, 5) is 12.1. The fourth-order valence-corrected chi connectivity index (χ4v) is 4.86. The smallest absolute Gasteiger partial charge is 0.330 e. The Labute approximate surface area is 168 Å². The molecular formula is C23H40O3Si. The van der Waals surface area contributed by atoms with Crippen molar-refractivity contribution in [1.29, 1.82) is 0 Å². The number of carbonyl (C=O) groups is 1. The van der Waals surface area contributed by atoms with E-state index in [2.05, 4.69) is 66.8 Å². The summed E-state index contributed by atoms with van der Waals surface area (Å²) in [6, 6.07) is 0. The van der Waals surface area contributed by atoms with Gasteiger partial charge in [-0.15, -0.1) is 0 Å². The van der Waals surface area contributed by atoms with E-state index in [9.17, 15) is 4.79 Å². The Morgan fingerprint density at radius 2 is 1.93 bits per heavy atom. The van der Waals surface area contributed by atoms with E-state index in [-0.39, 0.29) is 11.0 Å². The molecule has 27 heavy (non-hydrogen) atoms. The van der Waals surface area contributed by atoms with Crippen LogP contribution in [0.1, 0.15) is 73.6 Å². The van der Waals surface area contributed by atoms with Gasteiger partial charge in [-0.25, -0.2) is 4.79 Å². The number of hydrogen-bond acceptors (Lipinski definition) is 3. The SMILES string of the molecule is COC(=O)/C=C1\CC(CCC=C(C)C)=CCCC1(C)O[Si](C)(C)C(C)(C)C. The van der Waals surface area contributed by atoms with E-state index in [1.165, 1.54) is 18.3 Å². The first kappa shape index (κ1) is 23.9. The maximum absolute atomic E-state index is 12.1. The van der Waals surface area contributed by atoms with E-state index in [4.69, 9.17) is 9.16 Å². The van der Waals surface area contributed by atoms with Gasteiger partial charge >= 0.3 is 5.97 Å². The number of rotatable bonds is 6. The monoisotopic (exact) mass is 392 g/mol. The number of methoxy groups -OCH3 is 1. The number of allylic oxidation sites excluding steroid dienone is 4. The summed E-state index contributed by atoms with van der Waals surface area (Å²) in [5.41, 5.74) is 3.37. The van der Waals surface area contributed by atoms with E-state index in [0.717, 1.165) is 37.7 Å². The van der Waals surface area contributed by atoms with E-state index in [0.29, 0.717) is 0 Å². The van der Waals surface area contributed by atoms with E-state index >= 15 is 0 Å². The molecule has 0 aromatic rings. The van der Waals surface area contributed by atoms with Crippen LogP contribution < -0.4 is 0 Å². The molecule has 1 aliphatic carbocycles. The quantitative estimate of drug-likeness (QED) is 0.218. The highest BCUT2D eigenvalue weighted by atomic mass is 28.4. The van der Waals surface area contributed by atoms with Crippen molar-refractivity contribution in [3.05, 3.63) is 34.9 Å². The maximum atomic E-state index is 12.1. The molecule has 0 aromatic carbocycles. The third kappa shape index (κ3) is 7.08. The molecule has 0 saturated carbocycles. The molecule has 4 heteroatoms. The van der Waals surface area contributed by atoms with Crippen molar-refractivity contribution in [2.24, 2.45) is 0 Å². The second kappa shape index (κ2) is 9.38. The molecule has 154 valence electrons. The van der Waals surface area contributed by atoms with Gasteiger partial charge in [-0.05, 0) is 76.6 Å². The van der Waals surface area contributed by atoms with E-state index < -0.39 is 13.9 Å². The minimum absolute atomic E-state index is 0.123. The first-order valence-corrected chi connectivity index (χ1v) is 13.0. The minimum atomic E-state index is -1.98. The highest BCUT2D eigenvalue weighted by molar-refractivity contribution is 6.74. The van der Waals surface area contributed by atoms with E-state index in [1.54, 1.807) is 6.08 Å². The molecule has 0 radical (unpaired) electrons. The number of ether oxygens (including phenoxy) is 1. The van der Waals surface area contributed by atoms with Crippen LogP contribution in [0.15, 0.2) is 34.9 Å². The van der Waals surface area contributed by atoms with Gasteiger partial charge in [0.15, 0.2) is 8.32 Å². The summed E-state index contributed by atoms with van der Waals surface area (Å²) in [6.45, 7) is 17.8. The second-order valence-corrected chi connectivity index (χ2v) is 14.4. The Bertz CT molecular complexity index is 616. The number of hydrogen-bond donors (Lipinski definition) is 0. The molecule has 0 spiro atoms. The topological polar surface area (TPSA) is 35.5 Å². The largest absolute Gasteiger partial charge is 0.466 e. The van der Waals surface area contributed by atoms with Crippen molar-refractivity contribution >= 4 is 14.3 Å². The lowest BCUT2D eigenvalue weighted by molar-refractivity contribution is -0.135. The maximum Gasteiger partial charge on any atom is 0.330 e. The average molecular weight is 393 g/mol. The highest BCUT2D eigenvalue weighted by Gasteiger charge is 2.44. The number of esters is 1. The lowest BCUT2D eigenvalue weighted by Gasteiger charge is -2.45. The second-order valence-electron chi connectivity index (χ2n) is 9.68. The third-order valence-electron chi connectivity index (χ3n) is 5.95. The first-order chi connectivity index (χ1) is 12.3. The van der Waals surface area contributed by atoms with Gasteiger partial charge in [0, 0.05) is 6.08 Å². The molecule has 1 unspecified atom stereocenters. The Morgan fingerprint density at radius 3 is 2.44 bits per heavy atom. The van der Waals surface area contributed by atoms with Crippen LogP contribution in [0.25, 0.3) is 0 Å². The predicted octanol–water partition coefficient (Wildman–Crippen LogP) is 6.72. The van der Waals surface area contributed by atoms with Crippen LogP contribution in [0.5, 0.6) is 0 Å². The van der Waals surface area contributed by atoms with Gasteiger partial charge in [-0.1, -0.05) is 44.1 Å². The molecule has 0 heterocycles. The molecular weight excluding hydrogens is 352 g/mol. The summed E-state index contributed by atoms with van der Waals surface area (Å²) < 4.78 is 11.8. The van der Waals surface area contributed by atoms with Gasteiger partial charge < -0.3 is 9.16 Å². The minimum Gasteiger partial charge on any atom is -0.466 e. The zero-order valence-corrected chi connectivity index (χ0v) is 20.0. The van der Waals surface area contributed by atoms with Crippen molar-refractivity contribution in [2.45, 2.75) is 97.4 Å². The molecule has 1 atom stereocenters. The van der Waals surface area contributed by atoms with Gasteiger partial charge in [0.05, 0.1) is 12.7 Å². The van der Waals surface area contributed by atoms with Crippen molar-refractivity contribution in [3.63, 3.8) is 0 Å². The number of carbonyl (C=O) groups excluding carboxylic acids is 1. The van der Waals surface area contributed by atoms with Gasteiger partial charge in [0.1, 0.15) is 0 Å². The van der Waals surface area contributed by atoms with Crippen LogP contribution in [0.4, 0.5) is 0 Å². The van der Waals surface area contributed by atoms with Crippen molar-refractivity contribution in [2.75, 3.05) is 7.11 Å². The molecule has 0 aromatic heterocycles. The highest BCUT2D eigenvalue weighted by Crippen LogP contribution is 2.44. The Kier molecular flexibility index (Phi) is 8.30. The van der Waals surface area contributed by atoms with Gasteiger partial charge in [0.2, 0.25) is 0 Å². The van der Waals surface area contributed by atoms with Gasteiger partial charge in [-0.3, -0.25) is 0 Å². The molecule has 0 N–H and O–H groups in total. The Morgan fingerprint density at radius 1 is 1.30 bits per heavy atom. The normalized spacial score (nSPS) is 22.9. The summed E-state index contributed by atoms with van der Waals surface area (Å²) in [5, 5.41) is 0.123. The van der Waals surface area contributed by atoms with Crippen LogP contribution in [-0.4, -0.2) is 27.0 Å². The Balaban J connectivity index is 3.15. The fraction of sp³-hybridized carbons (Fsp3) is 0.696. The molecule has 1 aliphatic rings. The van der Waals surface area contributed by atoms with Crippen molar-refractivity contribution in [3.8, 4) is 0 Å². The van der Waals surface area contributed by atoms with Crippen LogP contribution in [0.3, 0.4) is 0 Å². The third-order valence-corrected chi connectivity index (χ3v) is 10.5. The molecule has 0 saturated heterocycles. The van der Waals surface area contributed by atoms with Gasteiger partial charge in [-0.2, -0.15) is 0 Å². The molecule has 0 aliphatic heterocycles. The standard InChI is InChI=1S/C23H40O3Si/c1-18(2)12-10-13-19-14-11-15-23(6,20(16-19)17-21(24)25-7)26-27(8,9)22(3,4)5/h12,14,17H,10-11,13,15-16H2,1-9H3/b20-17+. The van der Waals surface area contributed by atoms with Crippen LogP contribution in [0, 0.1) is 0 Å².